The van der Waals surface area contributed by atoms with Crippen LogP contribution in [0.3, 0.4) is 0 Å². The number of hydrogen-bond donors (Lipinski definition) is 0. The van der Waals surface area contributed by atoms with Gasteiger partial charge in [-0.2, -0.15) is 0 Å². The largest absolute Gasteiger partial charge is 0.464 e. The van der Waals surface area contributed by atoms with Crippen LogP contribution in [0.15, 0.2) is 48.6 Å². The predicted octanol–water partition coefficient (Wildman–Crippen LogP) is 4.22. The normalized spacial score (nSPS) is 11.1. The highest BCUT2D eigenvalue weighted by atomic mass is 32.1. The lowest BCUT2D eigenvalue weighted by atomic mass is 10.2. The van der Waals surface area contributed by atoms with Crippen LogP contribution >= 0.6 is 11.3 Å². The summed E-state index contributed by atoms with van der Waals surface area (Å²) in [4.78, 5) is 1.10. The zero-order chi connectivity index (χ0) is 10.4. The summed E-state index contributed by atoms with van der Waals surface area (Å²) in [6.07, 6.45) is 4.32. The van der Waals surface area contributed by atoms with Crippen LogP contribution in [0, 0.1) is 0 Å². The lowest BCUT2D eigenvalue weighted by molar-refractivity contribution is 0.440. The van der Waals surface area contributed by atoms with Gasteiger partial charge < -0.3 is 4.74 Å². The van der Waals surface area contributed by atoms with Crippen LogP contribution < -0.4 is 0 Å². The second-order valence-electron chi connectivity index (χ2n) is 2.78. The summed E-state index contributed by atoms with van der Waals surface area (Å²) in [5.41, 5.74) is 1.05. The Labute approximate surface area is 89.0 Å². The standard InChI is InChI=1S/C12H14OS/c1-4-10(3)9-11(13-5-2)12-7-6-8-14-12/h5-9H,2-4H2,1H3/b11-9-. The fraction of sp³-hybridized carbons (Fsp3) is 0.167. The molecule has 0 bridgehead atoms. The number of thiophene rings is 1. The van der Waals surface area contributed by atoms with Gasteiger partial charge in [0.15, 0.2) is 0 Å². The first-order valence-electron chi connectivity index (χ1n) is 4.48. The Balaban J connectivity index is 2.89. The third-order valence-electron chi connectivity index (χ3n) is 1.76. The van der Waals surface area contributed by atoms with Gasteiger partial charge in [-0.25, -0.2) is 0 Å². The summed E-state index contributed by atoms with van der Waals surface area (Å²) >= 11 is 1.64. The quantitative estimate of drug-likeness (QED) is 0.518. The molecule has 0 aliphatic rings. The van der Waals surface area contributed by atoms with Crippen molar-refractivity contribution in [2.24, 2.45) is 0 Å². The SMILES string of the molecule is C=CO/C(=C\C(=C)CC)c1cccs1. The van der Waals surface area contributed by atoms with E-state index in [2.05, 4.69) is 20.1 Å². The third-order valence-corrected chi connectivity index (χ3v) is 2.65. The maximum absolute atomic E-state index is 5.33. The third kappa shape index (κ3) is 2.89. The molecule has 0 saturated carbocycles. The highest BCUT2D eigenvalue weighted by Gasteiger charge is 2.02. The smallest absolute Gasteiger partial charge is 0.143 e. The van der Waals surface area contributed by atoms with E-state index < -0.39 is 0 Å². The molecular formula is C12H14OS. The summed E-state index contributed by atoms with van der Waals surface area (Å²) in [6.45, 7) is 9.54. The maximum atomic E-state index is 5.33. The molecule has 0 unspecified atom stereocenters. The molecule has 0 aliphatic carbocycles. The van der Waals surface area contributed by atoms with E-state index in [0.29, 0.717) is 0 Å². The average Bonchev–Trinajstić information content (AvgIpc) is 2.69. The van der Waals surface area contributed by atoms with Crippen LogP contribution in [0.1, 0.15) is 18.2 Å². The fourth-order valence-corrected chi connectivity index (χ4v) is 1.64. The molecule has 2 heteroatoms. The Bertz CT molecular complexity index is 333. The Morgan fingerprint density at radius 3 is 2.93 bits per heavy atom. The van der Waals surface area contributed by atoms with Crippen LogP contribution in [0.5, 0.6) is 0 Å². The van der Waals surface area contributed by atoms with Gasteiger partial charge in [0.25, 0.3) is 0 Å². The predicted molar refractivity (Wildman–Crippen MR) is 63.0 cm³/mol. The molecule has 0 fully saturated rings. The zero-order valence-electron chi connectivity index (χ0n) is 8.32. The first-order valence-corrected chi connectivity index (χ1v) is 5.36. The number of hydrogen-bond acceptors (Lipinski definition) is 2. The van der Waals surface area contributed by atoms with Gasteiger partial charge in [-0.3, -0.25) is 0 Å². The van der Waals surface area contributed by atoms with Crippen molar-refractivity contribution in [3.8, 4) is 0 Å². The molecule has 1 nitrogen and oxygen atoms in total. The Hall–Kier alpha value is -1.28. The van der Waals surface area contributed by atoms with Gasteiger partial charge in [0, 0.05) is 0 Å². The second kappa shape index (κ2) is 5.45. The first-order chi connectivity index (χ1) is 6.77. The molecule has 0 radical (unpaired) electrons. The van der Waals surface area contributed by atoms with Gasteiger partial charge in [-0.1, -0.05) is 31.7 Å². The molecule has 0 atom stereocenters. The van der Waals surface area contributed by atoms with E-state index in [9.17, 15) is 0 Å². The summed E-state index contributed by atoms with van der Waals surface area (Å²) in [5, 5.41) is 2.02. The molecule has 1 rings (SSSR count). The van der Waals surface area contributed by atoms with Gasteiger partial charge in [0.05, 0.1) is 11.1 Å². The summed E-state index contributed by atoms with van der Waals surface area (Å²) in [7, 11) is 0. The van der Waals surface area contributed by atoms with Crippen molar-refractivity contribution in [1.82, 2.24) is 0 Å². The van der Waals surface area contributed by atoms with Crippen LogP contribution in [0.25, 0.3) is 5.76 Å². The van der Waals surface area contributed by atoms with E-state index in [1.54, 1.807) is 11.3 Å². The van der Waals surface area contributed by atoms with Gasteiger partial charge >= 0.3 is 0 Å². The van der Waals surface area contributed by atoms with E-state index in [-0.39, 0.29) is 0 Å². The van der Waals surface area contributed by atoms with Crippen molar-refractivity contribution in [2.45, 2.75) is 13.3 Å². The molecule has 74 valence electrons. The van der Waals surface area contributed by atoms with Crippen molar-refractivity contribution < 1.29 is 4.74 Å². The van der Waals surface area contributed by atoms with E-state index >= 15 is 0 Å². The van der Waals surface area contributed by atoms with Gasteiger partial charge in [-0.15, -0.1) is 11.3 Å². The first kappa shape index (κ1) is 10.8. The van der Waals surface area contributed by atoms with Crippen molar-refractivity contribution in [3.05, 3.63) is 53.5 Å². The molecule has 0 N–H and O–H groups in total. The van der Waals surface area contributed by atoms with Crippen molar-refractivity contribution in [1.29, 1.82) is 0 Å². The molecule has 1 aromatic rings. The molecule has 0 amide bonds. The molecule has 1 aromatic heterocycles. The van der Waals surface area contributed by atoms with Crippen LogP contribution in [0.4, 0.5) is 0 Å². The van der Waals surface area contributed by atoms with Gasteiger partial charge in [0.1, 0.15) is 5.76 Å². The second-order valence-corrected chi connectivity index (χ2v) is 3.73. The molecule has 0 aromatic carbocycles. The minimum absolute atomic E-state index is 0.821. The van der Waals surface area contributed by atoms with Crippen molar-refractivity contribution in [3.63, 3.8) is 0 Å². The van der Waals surface area contributed by atoms with E-state index in [1.807, 2.05) is 23.6 Å². The highest BCUT2D eigenvalue weighted by Crippen LogP contribution is 2.23. The topological polar surface area (TPSA) is 9.23 Å². The Morgan fingerprint density at radius 1 is 1.64 bits per heavy atom. The van der Waals surface area contributed by atoms with Crippen LogP contribution in [0.2, 0.25) is 0 Å². The summed E-state index contributed by atoms with van der Waals surface area (Å²) in [5.74, 6) is 0.821. The number of allylic oxidation sites excluding steroid dienone is 2. The minimum Gasteiger partial charge on any atom is -0.464 e. The maximum Gasteiger partial charge on any atom is 0.143 e. The van der Waals surface area contributed by atoms with Crippen LogP contribution in [-0.2, 0) is 4.74 Å². The van der Waals surface area contributed by atoms with E-state index in [4.69, 9.17) is 4.74 Å². The summed E-state index contributed by atoms with van der Waals surface area (Å²) < 4.78 is 5.33. The fourth-order valence-electron chi connectivity index (χ4n) is 0.959. The summed E-state index contributed by atoms with van der Waals surface area (Å²) in [6, 6.07) is 4.01. The molecule has 0 aliphatic heterocycles. The van der Waals surface area contributed by atoms with Gasteiger partial charge in [0.2, 0.25) is 0 Å². The Morgan fingerprint density at radius 2 is 2.43 bits per heavy atom. The average molecular weight is 206 g/mol. The Kier molecular flexibility index (Phi) is 4.20. The highest BCUT2D eigenvalue weighted by molar-refractivity contribution is 7.11. The van der Waals surface area contributed by atoms with Crippen molar-refractivity contribution >= 4 is 17.1 Å². The number of rotatable bonds is 5. The van der Waals surface area contributed by atoms with Crippen LogP contribution in [-0.4, -0.2) is 0 Å². The van der Waals surface area contributed by atoms with E-state index in [0.717, 1.165) is 22.6 Å². The number of ether oxygens (including phenoxy) is 1. The monoisotopic (exact) mass is 206 g/mol. The molecule has 0 spiro atoms. The molecular weight excluding hydrogens is 192 g/mol. The molecule has 14 heavy (non-hydrogen) atoms. The van der Waals surface area contributed by atoms with E-state index in [1.165, 1.54) is 6.26 Å². The lowest BCUT2D eigenvalue weighted by Crippen LogP contribution is -1.83. The molecule has 0 saturated heterocycles. The minimum atomic E-state index is 0.821. The zero-order valence-corrected chi connectivity index (χ0v) is 9.14. The van der Waals surface area contributed by atoms with Gasteiger partial charge in [-0.05, 0) is 23.9 Å². The lowest BCUT2D eigenvalue weighted by Gasteiger charge is -2.04. The van der Waals surface area contributed by atoms with Crippen molar-refractivity contribution in [2.75, 3.05) is 0 Å². The molecule has 1 heterocycles.